The number of anilines is 2. The van der Waals surface area contributed by atoms with E-state index in [0.717, 1.165) is 30.1 Å². The maximum atomic E-state index is 14.4. The number of thiophene rings is 1. The van der Waals surface area contributed by atoms with E-state index in [-0.39, 0.29) is 11.4 Å². The van der Waals surface area contributed by atoms with Crippen molar-refractivity contribution in [1.29, 1.82) is 0 Å². The first kappa shape index (κ1) is 24.6. The molecule has 0 radical (unpaired) electrons. The van der Waals surface area contributed by atoms with Crippen LogP contribution in [0.3, 0.4) is 0 Å². The van der Waals surface area contributed by atoms with Crippen LogP contribution in [0.1, 0.15) is 15.2 Å². The van der Waals surface area contributed by atoms with Crippen LogP contribution in [0, 0.1) is 11.6 Å². The molecular formula is C20H12ClF5N4O4S. The number of carbonyl (C=O) groups excluding carboxylic acids is 2. The third-order valence-corrected chi connectivity index (χ3v) is 6.59. The number of carboxylic acid groups (broad SMARTS) is 1. The van der Waals surface area contributed by atoms with Crippen LogP contribution in [0.2, 0.25) is 5.02 Å². The van der Waals surface area contributed by atoms with Crippen molar-refractivity contribution in [2.24, 2.45) is 0 Å². The lowest BCUT2D eigenvalue weighted by Gasteiger charge is -2.27. The number of aromatic carboxylic acids is 1. The number of carboxylic acids is 1. The molecule has 184 valence electrons. The predicted octanol–water partition coefficient (Wildman–Crippen LogP) is 4.51. The molecule has 3 aromatic rings. The van der Waals surface area contributed by atoms with Crippen molar-refractivity contribution in [2.75, 3.05) is 23.4 Å². The van der Waals surface area contributed by atoms with Crippen LogP contribution in [0.4, 0.5) is 38.3 Å². The molecule has 1 aliphatic heterocycles. The van der Waals surface area contributed by atoms with E-state index >= 15 is 0 Å². The van der Waals surface area contributed by atoms with E-state index in [4.69, 9.17) is 16.7 Å². The Balaban J connectivity index is 1.79. The number of benzene rings is 1. The van der Waals surface area contributed by atoms with Crippen molar-refractivity contribution in [2.45, 2.75) is 12.2 Å². The normalized spacial score (nSPS) is 16.0. The van der Waals surface area contributed by atoms with Gasteiger partial charge in [-0.15, -0.1) is 11.3 Å². The average molecular weight is 535 g/mol. The number of amides is 3. The number of pyridine rings is 1. The van der Waals surface area contributed by atoms with E-state index in [1.54, 1.807) is 0 Å². The summed E-state index contributed by atoms with van der Waals surface area (Å²) in [6, 6.07) is 0.700. The zero-order chi connectivity index (χ0) is 25.8. The maximum absolute atomic E-state index is 14.4. The molecule has 2 N–H and O–H groups in total. The molecule has 1 aliphatic rings. The number of rotatable bonds is 4. The molecule has 1 aromatic carbocycles. The number of hydrogen-bond acceptors (Lipinski definition) is 5. The molecule has 15 heteroatoms. The summed E-state index contributed by atoms with van der Waals surface area (Å²) in [5.74, 6) is -5.27. The third kappa shape index (κ3) is 4.23. The first-order valence-corrected chi connectivity index (χ1v) is 10.7. The SMILES string of the molecule is CN(C(=O)[C@@H]1CNC(=O)N1c1cc(C(F)(F)F)c2cc(C(=O)O)sc2n1)c1ccc(F)c(Cl)c1F. The molecule has 1 saturated heterocycles. The fraction of sp³-hybridized carbons (Fsp3) is 0.200. The first-order valence-electron chi connectivity index (χ1n) is 9.54. The van der Waals surface area contributed by atoms with Crippen molar-refractivity contribution < 1.29 is 41.4 Å². The fourth-order valence-corrected chi connectivity index (χ4v) is 4.59. The molecule has 0 unspecified atom stereocenters. The Kier molecular flexibility index (Phi) is 6.05. The largest absolute Gasteiger partial charge is 0.477 e. The average Bonchev–Trinajstić information content (AvgIpc) is 3.39. The number of fused-ring (bicyclic) bond motifs is 1. The third-order valence-electron chi connectivity index (χ3n) is 5.22. The second-order valence-corrected chi connectivity index (χ2v) is 8.73. The monoisotopic (exact) mass is 534 g/mol. The highest BCUT2D eigenvalue weighted by Crippen LogP contribution is 2.40. The molecule has 0 bridgehead atoms. The lowest BCUT2D eigenvalue weighted by atomic mass is 10.1. The molecule has 0 aliphatic carbocycles. The molecule has 8 nitrogen and oxygen atoms in total. The summed E-state index contributed by atoms with van der Waals surface area (Å²) in [5, 5.41) is 10.1. The molecule has 3 amide bonds. The topological polar surface area (TPSA) is 103 Å². The zero-order valence-electron chi connectivity index (χ0n) is 17.3. The number of nitrogens with zero attached hydrogens (tertiary/aromatic N) is 3. The van der Waals surface area contributed by atoms with E-state index in [0.29, 0.717) is 22.3 Å². The minimum absolute atomic E-state index is 0.317. The van der Waals surface area contributed by atoms with Crippen LogP contribution in [-0.4, -0.2) is 47.6 Å². The van der Waals surface area contributed by atoms with E-state index < -0.39 is 74.1 Å². The van der Waals surface area contributed by atoms with Gasteiger partial charge in [0.25, 0.3) is 5.91 Å². The molecule has 3 heterocycles. The van der Waals surface area contributed by atoms with E-state index in [1.165, 1.54) is 0 Å². The van der Waals surface area contributed by atoms with Crippen LogP contribution in [0.15, 0.2) is 24.3 Å². The minimum Gasteiger partial charge on any atom is -0.477 e. The molecule has 1 fully saturated rings. The van der Waals surface area contributed by atoms with E-state index in [1.807, 2.05) is 0 Å². The molecule has 4 rings (SSSR count). The highest BCUT2D eigenvalue weighted by atomic mass is 35.5. The summed E-state index contributed by atoms with van der Waals surface area (Å²) in [7, 11) is 1.12. The Morgan fingerprint density at radius 2 is 1.97 bits per heavy atom. The van der Waals surface area contributed by atoms with Crippen molar-refractivity contribution in [1.82, 2.24) is 10.3 Å². The van der Waals surface area contributed by atoms with Crippen LogP contribution >= 0.6 is 22.9 Å². The highest BCUT2D eigenvalue weighted by Gasteiger charge is 2.42. The van der Waals surface area contributed by atoms with Gasteiger partial charge in [-0.3, -0.25) is 9.69 Å². The van der Waals surface area contributed by atoms with Gasteiger partial charge < -0.3 is 15.3 Å². The van der Waals surface area contributed by atoms with Gasteiger partial charge in [0.05, 0.1) is 11.3 Å². The highest BCUT2D eigenvalue weighted by molar-refractivity contribution is 7.20. The van der Waals surface area contributed by atoms with Gasteiger partial charge in [-0.1, -0.05) is 11.6 Å². The molecule has 35 heavy (non-hydrogen) atoms. The lowest BCUT2D eigenvalue weighted by Crippen LogP contribution is -2.47. The summed E-state index contributed by atoms with van der Waals surface area (Å²) < 4.78 is 69.2. The minimum atomic E-state index is -4.94. The number of urea groups is 1. The van der Waals surface area contributed by atoms with Crippen LogP contribution < -0.4 is 15.1 Å². The van der Waals surface area contributed by atoms with Gasteiger partial charge in [-0.25, -0.2) is 23.4 Å². The van der Waals surface area contributed by atoms with Crippen molar-refractivity contribution in [3.05, 3.63) is 51.4 Å². The quantitative estimate of drug-likeness (QED) is 0.379. The standard InChI is InChI=1S/C20H12ClF5N4O4S/c1-29(10-3-2-9(22)14(21)15(10)23)17(31)11-6-27-19(34)30(11)13-5-8(20(24,25)26)7-4-12(18(32)33)35-16(7)28-13/h2-5,11H,6H2,1H3,(H,27,34)(H,32,33)/t11-/m0/s1. The van der Waals surface area contributed by atoms with Gasteiger partial charge in [0.1, 0.15) is 32.4 Å². The fourth-order valence-electron chi connectivity index (χ4n) is 3.54. The second kappa shape index (κ2) is 8.61. The van der Waals surface area contributed by atoms with E-state index in [2.05, 4.69) is 10.3 Å². The number of hydrogen-bond donors (Lipinski definition) is 2. The smallest absolute Gasteiger partial charge is 0.417 e. The number of alkyl halides is 3. The molecule has 0 spiro atoms. The Morgan fingerprint density at radius 1 is 1.29 bits per heavy atom. The number of halogens is 6. The Bertz CT molecular complexity index is 1400. The second-order valence-electron chi connectivity index (χ2n) is 7.32. The van der Waals surface area contributed by atoms with Gasteiger partial charge in [0.2, 0.25) is 0 Å². The van der Waals surface area contributed by atoms with Crippen molar-refractivity contribution in [3.8, 4) is 0 Å². The summed E-state index contributed by atoms with van der Waals surface area (Å²) in [6.07, 6.45) is -4.94. The summed E-state index contributed by atoms with van der Waals surface area (Å²) in [4.78, 5) is 41.6. The van der Waals surface area contributed by atoms with Gasteiger partial charge >= 0.3 is 18.2 Å². The van der Waals surface area contributed by atoms with Gasteiger partial charge in [-0.05, 0) is 24.3 Å². The van der Waals surface area contributed by atoms with Gasteiger partial charge in [0, 0.05) is 19.0 Å². The van der Waals surface area contributed by atoms with Gasteiger partial charge in [0.15, 0.2) is 5.82 Å². The summed E-state index contributed by atoms with van der Waals surface area (Å²) in [5.41, 5.74) is -1.68. The molecule has 2 aromatic heterocycles. The number of likely N-dealkylation sites (N-methyl/N-ethyl adjacent to an activating group) is 1. The summed E-state index contributed by atoms with van der Waals surface area (Å²) in [6.45, 7) is -0.357. The lowest BCUT2D eigenvalue weighted by molar-refractivity contribution is -0.136. The summed E-state index contributed by atoms with van der Waals surface area (Å²) >= 11 is 6.02. The van der Waals surface area contributed by atoms with Gasteiger partial charge in [-0.2, -0.15) is 13.2 Å². The number of nitrogens with one attached hydrogen (secondary N) is 1. The number of aromatic nitrogens is 1. The molecule has 0 saturated carbocycles. The Labute approximate surface area is 201 Å². The number of carbonyl (C=O) groups is 3. The Morgan fingerprint density at radius 3 is 2.60 bits per heavy atom. The molecular weight excluding hydrogens is 523 g/mol. The first-order chi connectivity index (χ1) is 16.3. The van der Waals surface area contributed by atoms with Crippen molar-refractivity contribution in [3.63, 3.8) is 0 Å². The zero-order valence-corrected chi connectivity index (χ0v) is 18.9. The molecule has 1 atom stereocenters. The van der Waals surface area contributed by atoms with E-state index in [9.17, 15) is 36.3 Å². The predicted molar refractivity (Wildman–Crippen MR) is 116 cm³/mol. The van der Waals surface area contributed by atoms with Crippen molar-refractivity contribution >= 4 is 62.6 Å². The van der Waals surface area contributed by atoms with Crippen LogP contribution in [0.25, 0.3) is 10.2 Å². The maximum Gasteiger partial charge on any atom is 0.417 e. The Hall–Kier alpha value is -3.52. The van der Waals surface area contributed by atoms with Crippen LogP contribution in [-0.2, 0) is 11.0 Å². The van der Waals surface area contributed by atoms with Crippen LogP contribution in [0.5, 0.6) is 0 Å².